The number of rotatable bonds is 5. The number of hydrogen-bond acceptors (Lipinski definition) is 6. The molecule has 0 aromatic carbocycles. The first-order valence-corrected chi connectivity index (χ1v) is 9.17. The van der Waals surface area contributed by atoms with Crippen LogP contribution in [0.25, 0.3) is 0 Å². The summed E-state index contributed by atoms with van der Waals surface area (Å²) in [5.74, 6) is -0.436. The topological polar surface area (TPSA) is 99.7 Å². The van der Waals surface area contributed by atoms with Crippen molar-refractivity contribution in [2.75, 3.05) is 13.2 Å². The third-order valence-electron chi connectivity index (χ3n) is 4.24. The molecule has 1 atom stereocenters. The second-order valence-electron chi connectivity index (χ2n) is 7.38. The number of esters is 1. The van der Waals surface area contributed by atoms with Gasteiger partial charge in [-0.1, -0.05) is 6.92 Å². The molecule has 0 radical (unpaired) electrons. The van der Waals surface area contributed by atoms with Gasteiger partial charge in [-0.2, -0.15) is 5.10 Å². The molecule has 2 heterocycles. The molecule has 1 amide bonds. The molecule has 1 aliphatic rings. The Kier molecular flexibility index (Phi) is 6.28. The summed E-state index contributed by atoms with van der Waals surface area (Å²) in [5, 5.41) is 4.57. The van der Waals surface area contributed by atoms with E-state index >= 15 is 0 Å². The number of aromatic nitrogens is 2. The average Bonchev–Trinajstić information content (AvgIpc) is 2.89. The Morgan fingerprint density at radius 3 is 2.54 bits per heavy atom. The predicted molar refractivity (Wildman–Crippen MR) is 96.8 cm³/mol. The van der Waals surface area contributed by atoms with Crippen molar-refractivity contribution < 1.29 is 19.1 Å². The lowest BCUT2D eigenvalue weighted by Gasteiger charge is -2.36. The Labute approximate surface area is 154 Å². The van der Waals surface area contributed by atoms with Gasteiger partial charge in [0.25, 0.3) is 0 Å². The van der Waals surface area contributed by atoms with Crippen LogP contribution in [-0.2, 0) is 29.0 Å². The molecule has 1 unspecified atom stereocenters. The van der Waals surface area contributed by atoms with Gasteiger partial charge < -0.3 is 20.1 Å². The molecule has 1 aromatic heterocycles. The van der Waals surface area contributed by atoms with Gasteiger partial charge in [-0.15, -0.1) is 0 Å². The number of nitrogens with zero attached hydrogens (tertiary/aromatic N) is 3. The van der Waals surface area contributed by atoms with Gasteiger partial charge in [-0.05, 0) is 34.1 Å². The summed E-state index contributed by atoms with van der Waals surface area (Å²) in [6, 6.07) is -0.0198. The van der Waals surface area contributed by atoms with Gasteiger partial charge in [0.2, 0.25) is 0 Å². The molecule has 2 rings (SSSR count). The van der Waals surface area contributed by atoms with Crippen molar-refractivity contribution in [2.45, 2.75) is 72.2 Å². The number of nitrogens with two attached hydrogens (primary N) is 1. The lowest BCUT2D eigenvalue weighted by Crippen LogP contribution is -2.46. The van der Waals surface area contributed by atoms with Gasteiger partial charge in [0.15, 0.2) is 5.69 Å². The Bertz CT molecular complexity index is 663. The maximum absolute atomic E-state index is 12.7. The largest absolute Gasteiger partial charge is 0.461 e. The summed E-state index contributed by atoms with van der Waals surface area (Å²) in [6.07, 6.45) is 0.975. The number of carbonyl (C=O) groups is 2. The quantitative estimate of drug-likeness (QED) is 0.801. The molecule has 0 bridgehead atoms. The van der Waals surface area contributed by atoms with Crippen molar-refractivity contribution in [3.05, 3.63) is 17.0 Å². The SMILES string of the molecule is CCOC(=O)c1c2c(nn1CCN)CC(CC)N(C(=O)OC(C)(C)C)C2. The van der Waals surface area contributed by atoms with Gasteiger partial charge >= 0.3 is 12.1 Å². The van der Waals surface area contributed by atoms with Crippen LogP contribution in [0, 0.1) is 0 Å². The highest BCUT2D eigenvalue weighted by Gasteiger charge is 2.37. The summed E-state index contributed by atoms with van der Waals surface area (Å²) in [4.78, 5) is 26.8. The molecule has 0 saturated carbocycles. The smallest absolute Gasteiger partial charge is 0.410 e. The lowest BCUT2D eigenvalue weighted by atomic mass is 9.97. The molecular formula is C18H30N4O4. The highest BCUT2D eigenvalue weighted by Crippen LogP contribution is 2.29. The first kappa shape index (κ1) is 20.2. The fraction of sp³-hybridized carbons (Fsp3) is 0.722. The molecule has 1 aromatic rings. The van der Waals surface area contributed by atoms with E-state index in [4.69, 9.17) is 15.2 Å². The number of fused-ring (bicyclic) bond motifs is 1. The molecule has 8 heteroatoms. The Hall–Kier alpha value is -2.09. The van der Waals surface area contributed by atoms with Crippen LogP contribution in [0.1, 0.15) is 62.8 Å². The Balaban J connectivity index is 2.40. The van der Waals surface area contributed by atoms with E-state index in [2.05, 4.69) is 5.10 Å². The minimum atomic E-state index is -0.580. The third-order valence-corrected chi connectivity index (χ3v) is 4.24. The van der Waals surface area contributed by atoms with Gasteiger partial charge in [0, 0.05) is 24.6 Å². The molecule has 1 aliphatic heterocycles. The molecular weight excluding hydrogens is 336 g/mol. The van der Waals surface area contributed by atoms with Crippen molar-refractivity contribution >= 4 is 12.1 Å². The molecule has 2 N–H and O–H groups in total. The first-order valence-electron chi connectivity index (χ1n) is 9.17. The van der Waals surface area contributed by atoms with E-state index in [1.807, 2.05) is 27.7 Å². The summed E-state index contributed by atoms with van der Waals surface area (Å²) in [5.41, 5.74) is 7.02. The summed E-state index contributed by atoms with van der Waals surface area (Å²) in [6.45, 7) is 10.6. The molecule has 146 valence electrons. The monoisotopic (exact) mass is 366 g/mol. The minimum Gasteiger partial charge on any atom is -0.461 e. The van der Waals surface area contributed by atoms with Crippen molar-refractivity contribution in [1.82, 2.24) is 14.7 Å². The number of amides is 1. The zero-order valence-electron chi connectivity index (χ0n) is 16.4. The number of carbonyl (C=O) groups excluding carboxylic acids is 2. The number of hydrogen-bond donors (Lipinski definition) is 1. The highest BCUT2D eigenvalue weighted by atomic mass is 16.6. The normalized spacial score (nSPS) is 17.0. The molecule has 0 saturated heterocycles. The zero-order chi connectivity index (χ0) is 19.5. The fourth-order valence-electron chi connectivity index (χ4n) is 3.12. The van der Waals surface area contributed by atoms with Gasteiger partial charge in [-0.25, -0.2) is 9.59 Å². The highest BCUT2D eigenvalue weighted by molar-refractivity contribution is 5.90. The van der Waals surface area contributed by atoms with Crippen molar-refractivity contribution in [3.63, 3.8) is 0 Å². The van der Waals surface area contributed by atoms with Crippen LogP contribution in [-0.4, -0.2) is 51.5 Å². The Morgan fingerprint density at radius 2 is 2.00 bits per heavy atom. The molecule has 8 nitrogen and oxygen atoms in total. The van der Waals surface area contributed by atoms with Crippen LogP contribution in [0.3, 0.4) is 0 Å². The van der Waals surface area contributed by atoms with E-state index in [1.54, 1.807) is 16.5 Å². The van der Waals surface area contributed by atoms with E-state index in [9.17, 15) is 9.59 Å². The van der Waals surface area contributed by atoms with Crippen LogP contribution < -0.4 is 5.73 Å². The zero-order valence-corrected chi connectivity index (χ0v) is 16.4. The fourth-order valence-corrected chi connectivity index (χ4v) is 3.12. The molecule has 0 fully saturated rings. The van der Waals surface area contributed by atoms with Crippen LogP contribution in [0.4, 0.5) is 4.79 Å². The van der Waals surface area contributed by atoms with Crippen LogP contribution in [0.15, 0.2) is 0 Å². The average molecular weight is 366 g/mol. The lowest BCUT2D eigenvalue weighted by molar-refractivity contribution is 0.0111. The second kappa shape index (κ2) is 8.07. The molecule has 0 spiro atoms. The van der Waals surface area contributed by atoms with Crippen molar-refractivity contribution in [1.29, 1.82) is 0 Å². The van der Waals surface area contributed by atoms with E-state index in [0.717, 1.165) is 17.7 Å². The maximum atomic E-state index is 12.7. The van der Waals surface area contributed by atoms with Gasteiger partial charge in [0.1, 0.15) is 5.60 Å². The second-order valence-corrected chi connectivity index (χ2v) is 7.38. The van der Waals surface area contributed by atoms with Gasteiger partial charge in [0.05, 0.1) is 25.4 Å². The standard InChI is InChI=1S/C18H30N4O4/c1-6-12-10-14-13(11-21(12)17(24)26-18(3,4)5)15(16(23)25-7-2)22(20-14)9-8-19/h12H,6-11,19H2,1-5H3. The van der Waals surface area contributed by atoms with Crippen LogP contribution >= 0.6 is 0 Å². The van der Waals surface area contributed by atoms with Crippen LogP contribution in [0.5, 0.6) is 0 Å². The minimum absolute atomic E-state index is 0.0198. The third kappa shape index (κ3) is 4.35. The van der Waals surface area contributed by atoms with Gasteiger partial charge in [-0.3, -0.25) is 4.68 Å². The molecule has 0 aliphatic carbocycles. The van der Waals surface area contributed by atoms with Crippen LogP contribution in [0.2, 0.25) is 0 Å². The van der Waals surface area contributed by atoms with E-state index in [-0.39, 0.29) is 25.3 Å². The van der Waals surface area contributed by atoms with E-state index < -0.39 is 11.6 Å². The van der Waals surface area contributed by atoms with Crippen molar-refractivity contribution in [3.8, 4) is 0 Å². The Morgan fingerprint density at radius 1 is 1.31 bits per heavy atom. The summed E-state index contributed by atoms with van der Waals surface area (Å²) in [7, 11) is 0. The predicted octanol–water partition coefficient (Wildman–Crippen LogP) is 2.09. The van der Waals surface area contributed by atoms with Crippen molar-refractivity contribution in [2.24, 2.45) is 5.73 Å². The summed E-state index contributed by atoms with van der Waals surface area (Å²) < 4.78 is 12.3. The summed E-state index contributed by atoms with van der Waals surface area (Å²) >= 11 is 0. The van der Waals surface area contributed by atoms with E-state index in [1.165, 1.54) is 0 Å². The maximum Gasteiger partial charge on any atom is 0.410 e. The van der Waals surface area contributed by atoms with E-state index in [0.29, 0.717) is 25.2 Å². The first-order chi connectivity index (χ1) is 12.2. The molecule has 26 heavy (non-hydrogen) atoms. The number of ether oxygens (including phenoxy) is 2.